The molecule has 0 amide bonds. The highest BCUT2D eigenvalue weighted by Gasteiger charge is 1.99. The second-order valence-corrected chi connectivity index (χ2v) is 4.95. The second kappa shape index (κ2) is 8.69. The van der Waals surface area contributed by atoms with Gasteiger partial charge in [-0.3, -0.25) is 4.99 Å². The molecule has 0 saturated carbocycles. The van der Waals surface area contributed by atoms with E-state index in [4.69, 9.17) is 0 Å². The zero-order chi connectivity index (χ0) is 13.2. The fourth-order valence-electron chi connectivity index (χ4n) is 1.51. The predicted octanol–water partition coefficient (Wildman–Crippen LogP) is 2.13. The Morgan fingerprint density at radius 2 is 2.33 bits per heavy atom. The summed E-state index contributed by atoms with van der Waals surface area (Å²) in [7, 11) is 1.77. The Kier molecular flexibility index (Phi) is 7.10. The Morgan fingerprint density at radius 3 is 2.94 bits per heavy atom. The lowest BCUT2D eigenvalue weighted by Gasteiger charge is -2.09. The predicted molar refractivity (Wildman–Crippen MR) is 79.4 cm³/mol. The first-order valence-electron chi connectivity index (χ1n) is 6.22. The molecular formula is C13H22N4S. The summed E-state index contributed by atoms with van der Waals surface area (Å²) in [6.45, 7) is 7.37. The van der Waals surface area contributed by atoms with E-state index >= 15 is 0 Å². The van der Waals surface area contributed by atoms with E-state index in [1.807, 2.05) is 13.0 Å². The van der Waals surface area contributed by atoms with Crippen LogP contribution in [0, 0.1) is 6.92 Å². The van der Waals surface area contributed by atoms with Gasteiger partial charge >= 0.3 is 0 Å². The van der Waals surface area contributed by atoms with Crippen LogP contribution in [0.15, 0.2) is 23.0 Å². The number of guanidine groups is 1. The molecule has 0 fully saturated rings. The molecule has 2 N–H and O–H groups in total. The van der Waals surface area contributed by atoms with E-state index in [-0.39, 0.29) is 0 Å². The zero-order valence-corrected chi connectivity index (χ0v) is 12.0. The lowest BCUT2D eigenvalue weighted by Crippen LogP contribution is -2.37. The van der Waals surface area contributed by atoms with Crippen LogP contribution >= 0.6 is 11.3 Å². The Morgan fingerprint density at radius 1 is 1.50 bits per heavy atom. The summed E-state index contributed by atoms with van der Waals surface area (Å²) in [5, 5.41) is 9.75. The van der Waals surface area contributed by atoms with Crippen LogP contribution in [0.25, 0.3) is 0 Å². The number of unbranched alkanes of at least 4 members (excludes halogenated alkanes) is 1. The highest BCUT2D eigenvalue weighted by atomic mass is 32.1. The highest BCUT2D eigenvalue weighted by molar-refractivity contribution is 7.09. The van der Waals surface area contributed by atoms with Crippen molar-refractivity contribution in [3.05, 3.63) is 28.7 Å². The van der Waals surface area contributed by atoms with Crippen LogP contribution in [0.4, 0.5) is 0 Å². The van der Waals surface area contributed by atoms with Gasteiger partial charge in [-0.15, -0.1) is 17.9 Å². The summed E-state index contributed by atoms with van der Waals surface area (Å²) in [4.78, 5) is 8.57. The molecular weight excluding hydrogens is 244 g/mol. The van der Waals surface area contributed by atoms with Crippen molar-refractivity contribution in [3.63, 3.8) is 0 Å². The number of nitrogens with zero attached hydrogens (tertiary/aromatic N) is 2. The van der Waals surface area contributed by atoms with Gasteiger partial charge in [-0.2, -0.15) is 0 Å². The van der Waals surface area contributed by atoms with E-state index in [1.165, 1.54) is 5.01 Å². The molecule has 4 nitrogen and oxygen atoms in total. The summed E-state index contributed by atoms with van der Waals surface area (Å²) in [5.74, 6) is 0.833. The summed E-state index contributed by atoms with van der Waals surface area (Å²) in [5.41, 5.74) is 1.13. The quantitative estimate of drug-likeness (QED) is 0.344. The Labute approximate surface area is 113 Å². The molecule has 0 unspecified atom stereocenters. The number of hydrogen-bond donors (Lipinski definition) is 2. The van der Waals surface area contributed by atoms with Gasteiger partial charge in [-0.25, -0.2) is 4.98 Å². The fourth-order valence-corrected chi connectivity index (χ4v) is 2.33. The van der Waals surface area contributed by atoms with Crippen LogP contribution in [0.2, 0.25) is 0 Å². The third-order valence-electron chi connectivity index (χ3n) is 2.41. The average Bonchev–Trinajstić information content (AvgIpc) is 2.78. The molecule has 0 aromatic carbocycles. The number of aryl methyl sites for hydroxylation is 2. The standard InChI is InChI=1S/C13H22N4S/c1-4-8-15-13(14-3)16-9-6-5-7-12-17-11(2)10-18-12/h4,10H,1,5-9H2,2-3H3,(H2,14,15,16). The molecule has 1 heterocycles. The summed E-state index contributed by atoms with van der Waals surface area (Å²) >= 11 is 1.75. The number of thiazole rings is 1. The van der Waals surface area contributed by atoms with Gasteiger partial charge in [0.2, 0.25) is 0 Å². The first-order chi connectivity index (χ1) is 8.76. The largest absolute Gasteiger partial charge is 0.356 e. The van der Waals surface area contributed by atoms with Gasteiger partial charge in [0.05, 0.1) is 5.01 Å². The van der Waals surface area contributed by atoms with E-state index in [0.29, 0.717) is 0 Å². The molecule has 18 heavy (non-hydrogen) atoms. The Hall–Kier alpha value is -1.36. The maximum atomic E-state index is 4.45. The molecule has 0 aliphatic heterocycles. The van der Waals surface area contributed by atoms with E-state index < -0.39 is 0 Å². The highest BCUT2D eigenvalue weighted by Crippen LogP contribution is 2.11. The fraction of sp³-hybridized carbons (Fsp3) is 0.538. The molecule has 0 atom stereocenters. The molecule has 0 bridgehead atoms. The van der Waals surface area contributed by atoms with Crippen LogP contribution in [0.3, 0.4) is 0 Å². The monoisotopic (exact) mass is 266 g/mol. The van der Waals surface area contributed by atoms with Gasteiger partial charge in [0.1, 0.15) is 0 Å². The minimum atomic E-state index is 0.734. The third-order valence-corrected chi connectivity index (χ3v) is 3.44. The van der Waals surface area contributed by atoms with Crippen LogP contribution in [-0.4, -0.2) is 31.1 Å². The summed E-state index contributed by atoms with van der Waals surface area (Å²) in [6.07, 6.45) is 5.16. The normalized spacial score (nSPS) is 11.3. The molecule has 1 aromatic heterocycles. The van der Waals surface area contributed by atoms with Crippen LogP contribution in [0.5, 0.6) is 0 Å². The molecule has 0 saturated heterocycles. The van der Waals surface area contributed by atoms with Crippen molar-refractivity contribution in [2.45, 2.75) is 26.2 Å². The number of aromatic nitrogens is 1. The number of hydrogen-bond acceptors (Lipinski definition) is 3. The van der Waals surface area contributed by atoms with Crippen molar-refractivity contribution >= 4 is 17.3 Å². The molecule has 1 aromatic rings. The maximum Gasteiger partial charge on any atom is 0.191 e. The molecule has 1 rings (SSSR count). The minimum absolute atomic E-state index is 0.734. The van der Waals surface area contributed by atoms with Crippen molar-refractivity contribution in [1.29, 1.82) is 0 Å². The van der Waals surface area contributed by atoms with E-state index in [0.717, 1.165) is 44.0 Å². The second-order valence-electron chi connectivity index (χ2n) is 4.01. The van der Waals surface area contributed by atoms with Crippen molar-refractivity contribution in [2.75, 3.05) is 20.1 Å². The van der Waals surface area contributed by atoms with Gasteiger partial charge in [-0.1, -0.05) is 6.08 Å². The van der Waals surface area contributed by atoms with E-state index in [1.54, 1.807) is 18.4 Å². The molecule has 0 radical (unpaired) electrons. The Bertz CT molecular complexity index is 384. The first-order valence-corrected chi connectivity index (χ1v) is 7.10. The van der Waals surface area contributed by atoms with Crippen molar-refractivity contribution in [1.82, 2.24) is 15.6 Å². The smallest absolute Gasteiger partial charge is 0.191 e. The Balaban J connectivity index is 2.09. The zero-order valence-electron chi connectivity index (χ0n) is 11.2. The van der Waals surface area contributed by atoms with Gasteiger partial charge in [0.25, 0.3) is 0 Å². The SMILES string of the molecule is C=CCNC(=NC)NCCCCc1nc(C)cs1. The number of nitrogens with one attached hydrogen (secondary N) is 2. The molecule has 0 spiro atoms. The minimum Gasteiger partial charge on any atom is -0.356 e. The van der Waals surface area contributed by atoms with Gasteiger partial charge in [0.15, 0.2) is 5.96 Å². The van der Waals surface area contributed by atoms with E-state index in [2.05, 4.69) is 32.6 Å². The molecule has 0 aliphatic rings. The first kappa shape index (κ1) is 14.7. The van der Waals surface area contributed by atoms with Crippen molar-refractivity contribution < 1.29 is 0 Å². The topological polar surface area (TPSA) is 49.3 Å². The summed E-state index contributed by atoms with van der Waals surface area (Å²) < 4.78 is 0. The molecule has 0 aliphatic carbocycles. The van der Waals surface area contributed by atoms with Crippen molar-refractivity contribution in [3.8, 4) is 0 Å². The third kappa shape index (κ3) is 5.82. The van der Waals surface area contributed by atoms with Crippen LogP contribution in [-0.2, 0) is 6.42 Å². The van der Waals surface area contributed by atoms with Crippen LogP contribution in [0.1, 0.15) is 23.5 Å². The molecule has 100 valence electrons. The van der Waals surface area contributed by atoms with E-state index in [9.17, 15) is 0 Å². The molecule has 5 heteroatoms. The average molecular weight is 266 g/mol. The van der Waals surface area contributed by atoms with Crippen molar-refractivity contribution in [2.24, 2.45) is 4.99 Å². The lowest BCUT2D eigenvalue weighted by atomic mass is 10.2. The van der Waals surface area contributed by atoms with Gasteiger partial charge in [0, 0.05) is 31.2 Å². The summed E-state index contributed by atoms with van der Waals surface area (Å²) in [6, 6.07) is 0. The van der Waals surface area contributed by atoms with Gasteiger partial charge < -0.3 is 10.6 Å². The lowest BCUT2D eigenvalue weighted by molar-refractivity contribution is 0.696. The van der Waals surface area contributed by atoms with Crippen LogP contribution < -0.4 is 10.6 Å². The number of rotatable bonds is 7. The number of aliphatic imine (C=N–C) groups is 1. The maximum absolute atomic E-state index is 4.45. The van der Waals surface area contributed by atoms with Gasteiger partial charge in [-0.05, 0) is 26.2 Å².